The first-order valence-corrected chi connectivity index (χ1v) is 12.8. The summed E-state index contributed by atoms with van der Waals surface area (Å²) in [6.45, 7) is 12.1. The molecule has 0 aromatic heterocycles. The number of alkyl halides is 2. The summed E-state index contributed by atoms with van der Waals surface area (Å²) in [6, 6.07) is 7.17. The van der Waals surface area contributed by atoms with Crippen molar-refractivity contribution in [2.45, 2.75) is 69.9 Å². The average molecular weight is 445 g/mol. The summed E-state index contributed by atoms with van der Waals surface area (Å²) in [4.78, 5) is 4.51. The number of piperidine rings is 2. The lowest BCUT2D eigenvalue weighted by Gasteiger charge is -2.40. The predicted molar refractivity (Wildman–Crippen MR) is 120 cm³/mol. The number of rotatable bonds is 5. The number of halogens is 2. The largest absolute Gasteiger partial charge is 0.371 e. The highest BCUT2D eigenvalue weighted by Gasteiger charge is 2.42. The zero-order valence-corrected chi connectivity index (χ0v) is 19.9. The molecule has 0 saturated carbocycles. The quantitative estimate of drug-likeness (QED) is 0.634. The third kappa shape index (κ3) is 5.94. The fourth-order valence-corrected chi connectivity index (χ4v) is 5.24. The summed E-state index contributed by atoms with van der Waals surface area (Å²) in [5.74, 6) is -2.69. The van der Waals surface area contributed by atoms with Crippen LogP contribution in [0.5, 0.6) is 0 Å². The lowest BCUT2D eigenvalue weighted by molar-refractivity contribution is -0.107. The van der Waals surface area contributed by atoms with Crippen LogP contribution in [0.25, 0.3) is 0 Å². The maximum absolute atomic E-state index is 14.0. The Morgan fingerprint density at radius 1 is 1.10 bits per heavy atom. The molecule has 7 heteroatoms. The summed E-state index contributed by atoms with van der Waals surface area (Å²) in [7, 11) is -3.29. The van der Waals surface area contributed by atoms with Crippen molar-refractivity contribution in [3.05, 3.63) is 24.3 Å². The molecule has 0 N–H and O–H groups in total. The topological polar surface area (TPSA) is 40.6 Å². The molecule has 3 rings (SSSR count). The number of nitrogens with zero attached hydrogens (tertiary/aromatic N) is 2. The first kappa shape index (κ1) is 25.1. The van der Waals surface area contributed by atoms with Gasteiger partial charge in [-0.1, -0.05) is 26.8 Å². The molecule has 2 aliphatic heterocycles. The lowest BCUT2D eigenvalue weighted by Crippen LogP contribution is -2.49. The normalized spacial score (nSPS) is 23.2. The predicted octanol–water partition coefficient (Wildman–Crippen LogP) is 5.09. The van der Waals surface area contributed by atoms with E-state index < -0.39 is 26.9 Å². The zero-order chi connectivity index (χ0) is 22.5. The van der Waals surface area contributed by atoms with Crippen LogP contribution in [0.4, 0.5) is 14.5 Å². The highest BCUT2D eigenvalue weighted by atomic mass is 32.2. The Labute approximate surface area is 181 Å². The highest BCUT2D eigenvalue weighted by Crippen LogP contribution is 2.34. The molecule has 0 amide bonds. The average Bonchev–Trinajstić information content (AvgIpc) is 2.72. The molecule has 30 heavy (non-hydrogen) atoms. The van der Waals surface area contributed by atoms with Gasteiger partial charge in [0.25, 0.3) is 5.92 Å². The Bertz CT molecular complexity index is 775. The summed E-state index contributed by atoms with van der Waals surface area (Å²) >= 11 is 0. The summed E-state index contributed by atoms with van der Waals surface area (Å²) in [5.41, 5.74) is 0.929. The number of hydrogen-bond donors (Lipinski definition) is 0. The SMILES string of the molecule is CC.CC1CCN(CC2CCN(c3cccc(S(=O)(=O)C(C)C)c3)CC2)CC1(F)F. The fraction of sp³-hybridized carbons (Fsp3) is 0.739. The molecule has 0 radical (unpaired) electrons. The van der Waals surface area contributed by atoms with Gasteiger partial charge in [0.15, 0.2) is 9.84 Å². The van der Waals surface area contributed by atoms with Gasteiger partial charge in [0, 0.05) is 31.2 Å². The van der Waals surface area contributed by atoms with Crippen molar-refractivity contribution < 1.29 is 17.2 Å². The van der Waals surface area contributed by atoms with Crippen LogP contribution >= 0.6 is 0 Å². The van der Waals surface area contributed by atoms with Crippen molar-refractivity contribution in [1.82, 2.24) is 4.90 Å². The van der Waals surface area contributed by atoms with Crippen molar-refractivity contribution in [3.63, 3.8) is 0 Å². The van der Waals surface area contributed by atoms with Gasteiger partial charge in [0.2, 0.25) is 0 Å². The van der Waals surface area contributed by atoms with E-state index in [1.807, 2.05) is 24.8 Å². The summed E-state index contributed by atoms with van der Waals surface area (Å²) < 4.78 is 52.8. The van der Waals surface area contributed by atoms with E-state index in [1.165, 1.54) is 0 Å². The molecule has 1 unspecified atom stereocenters. The van der Waals surface area contributed by atoms with Crippen LogP contribution in [0, 0.1) is 11.8 Å². The van der Waals surface area contributed by atoms with Gasteiger partial charge in [0.05, 0.1) is 16.7 Å². The lowest BCUT2D eigenvalue weighted by atomic mass is 9.91. The first-order valence-electron chi connectivity index (χ1n) is 11.3. The van der Waals surface area contributed by atoms with E-state index in [0.717, 1.165) is 44.7 Å². The second-order valence-electron chi connectivity index (χ2n) is 8.71. The Morgan fingerprint density at radius 3 is 2.30 bits per heavy atom. The van der Waals surface area contributed by atoms with Crippen molar-refractivity contribution in [2.75, 3.05) is 37.6 Å². The molecular weight excluding hydrogens is 406 g/mol. The standard InChI is InChI=1S/C21H32F2N2O2S.C2H6/c1-16(2)28(26,27)20-6-4-5-19(13-20)25-11-8-18(9-12-25)14-24-10-7-17(3)21(22,23)15-24;1-2/h4-6,13,16-18H,7-12,14-15H2,1-3H3;1-2H3. The molecule has 4 nitrogen and oxygen atoms in total. The van der Waals surface area contributed by atoms with Gasteiger partial charge in [-0.05, 0) is 63.8 Å². The van der Waals surface area contributed by atoms with Crippen molar-refractivity contribution >= 4 is 15.5 Å². The van der Waals surface area contributed by atoms with E-state index in [1.54, 1.807) is 39.0 Å². The molecule has 0 spiro atoms. The Balaban J connectivity index is 0.00000155. The number of hydrogen-bond acceptors (Lipinski definition) is 4. The third-order valence-corrected chi connectivity index (χ3v) is 8.45. The van der Waals surface area contributed by atoms with Gasteiger partial charge in [-0.2, -0.15) is 0 Å². The van der Waals surface area contributed by atoms with Crippen LogP contribution in [0.2, 0.25) is 0 Å². The van der Waals surface area contributed by atoms with Crippen LogP contribution in [-0.2, 0) is 9.84 Å². The van der Waals surface area contributed by atoms with Gasteiger partial charge in [-0.25, -0.2) is 17.2 Å². The van der Waals surface area contributed by atoms with Gasteiger partial charge in [-0.15, -0.1) is 0 Å². The minimum Gasteiger partial charge on any atom is -0.371 e. The summed E-state index contributed by atoms with van der Waals surface area (Å²) in [5, 5.41) is -0.445. The van der Waals surface area contributed by atoms with Gasteiger partial charge >= 0.3 is 0 Å². The van der Waals surface area contributed by atoms with Crippen molar-refractivity contribution in [2.24, 2.45) is 11.8 Å². The molecule has 2 aliphatic rings. The molecule has 2 fully saturated rings. The van der Waals surface area contributed by atoms with E-state index in [9.17, 15) is 17.2 Å². The molecular formula is C23H38F2N2O2S. The van der Waals surface area contributed by atoms with Gasteiger partial charge < -0.3 is 4.90 Å². The maximum atomic E-state index is 14.0. The Morgan fingerprint density at radius 2 is 1.73 bits per heavy atom. The van der Waals surface area contributed by atoms with E-state index in [2.05, 4.69) is 4.90 Å². The van der Waals surface area contributed by atoms with Gasteiger partial charge in [0.1, 0.15) is 0 Å². The molecule has 1 aromatic carbocycles. The zero-order valence-electron chi connectivity index (χ0n) is 19.1. The summed E-state index contributed by atoms with van der Waals surface area (Å²) in [6.07, 6.45) is 2.44. The molecule has 2 heterocycles. The van der Waals surface area contributed by atoms with Crippen molar-refractivity contribution in [1.29, 1.82) is 0 Å². The highest BCUT2D eigenvalue weighted by molar-refractivity contribution is 7.92. The van der Waals surface area contributed by atoms with E-state index in [-0.39, 0.29) is 6.54 Å². The number of anilines is 1. The minimum absolute atomic E-state index is 0.122. The molecule has 0 aliphatic carbocycles. The van der Waals surface area contributed by atoms with Crippen LogP contribution in [0.15, 0.2) is 29.2 Å². The van der Waals surface area contributed by atoms with Crippen LogP contribution in [0.3, 0.4) is 0 Å². The second-order valence-corrected chi connectivity index (χ2v) is 11.2. The van der Waals surface area contributed by atoms with Crippen LogP contribution in [-0.4, -0.2) is 57.2 Å². The van der Waals surface area contributed by atoms with Gasteiger partial charge in [-0.3, -0.25) is 4.90 Å². The monoisotopic (exact) mass is 444 g/mol. The second kappa shape index (κ2) is 10.4. The maximum Gasteiger partial charge on any atom is 0.263 e. The number of sulfone groups is 1. The fourth-order valence-electron chi connectivity index (χ4n) is 4.14. The van der Waals surface area contributed by atoms with E-state index >= 15 is 0 Å². The molecule has 0 bridgehead atoms. The van der Waals surface area contributed by atoms with Crippen LogP contribution < -0.4 is 4.90 Å². The first-order chi connectivity index (χ1) is 14.1. The minimum atomic E-state index is -3.29. The van der Waals surface area contributed by atoms with E-state index in [4.69, 9.17) is 0 Å². The number of likely N-dealkylation sites (tertiary alicyclic amines) is 1. The number of benzene rings is 1. The Hall–Kier alpha value is -1.21. The molecule has 1 atom stereocenters. The molecule has 172 valence electrons. The molecule has 1 aromatic rings. The van der Waals surface area contributed by atoms with E-state index in [0.29, 0.717) is 17.2 Å². The van der Waals surface area contributed by atoms with Crippen LogP contribution in [0.1, 0.15) is 53.9 Å². The third-order valence-electron chi connectivity index (χ3n) is 6.30. The molecule has 2 saturated heterocycles. The van der Waals surface area contributed by atoms with Crippen molar-refractivity contribution in [3.8, 4) is 0 Å². The Kier molecular flexibility index (Phi) is 8.69. The smallest absolute Gasteiger partial charge is 0.263 e.